The van der Waals surface area contributed by atoms with Crippen LogP contribution in [-0.2, 0) is 9.53 Å². The number of benzene rings is 1. The Kier molecular flexibility index (Phi) is 5.65. The second-order valence-corrected chi connectivity index (χ2v) is 4.25. The minimum absolute atomic E-state index is 0.157. The van der Waals surface area contributed by atoms with Gasteiger partial charge in [-0.25, -0.2) is 0 Å². The summed E-state index contributed by atoms with van der Waals surface area (Å²) in [6.45, 7) is 2.06. The second kappa shape index (κ2) is 7.22. The zero-order valence-electron chi connectivity index (χ0n) is 12.1. The van der Waals surface area contributed by atoms with Crippen molar-refractivity contribution in [2.45, 2.75) is 6.92 Å². The SMILES string of the molecule is CCNC(=O)c1ccc([N+](=O)[O-])c(N(C)CC(=O)OC)c1. The van der Waals surface area contributed by atoms with E-state index in [0.717, 1.165) is 0 Å². The van der Waals surface area contributed by atoms with Gasteiger partial charge in [-0.15, -0.1) is 0 Å². The molecule has 1 aromatic carbocycles. The summed E-state index contributed by atoms with van der Waals surface area (Å²) in [6, 6.07) is 4.00. The lowest BCUT2D eigenvalue weighted by Crippen LogP contribution is -2.28. The summed E-state index contributed by atoms with van der Waals surface area (Å²) in [4.78, 5) is 34.9. The maximum Gasteiger partial charge on any atom is 0.325 e. The fraction of sp³-hybridized carbons (Fsp3) is 0.385. The van der Waals surface area contributed by atoms with Crippen molar-refractivity contribution in [1.29, 1.82) is 0 Å². The first-order valence-electron chi connectivity index (χ1n) is 6.25. The van der Waals surface area contributed by atoms with Crippen LogP contribution in [-0.4, -0.2) is 44.0 Å². The van der Waals surface area contributed by atoms with Crippen LogP contribution in [0.5, 0.6) is 0 Å². The average molecular weight is 295 g/mol. The van der Waals surface area contributed by atoms with E-state index >= 15 is 0 Å². The van der Waals surface area contributed by atoms with Crippen molar-refractivity contribution in [3.63, 3.8) is 0 Å². The maximum atomic E-state index is 11.8. The summed E-state index contributed by atoms with van der Waals surface area (Å²) >= 11 is 0. The smallest absolute Gasteiger partial charge is 0.325 e. The highest BCUT2D eigenvalue weighted by molar-refractivity contribution is 5.96. The molecule has 8 heteroatoms. The van der Waals surface area contributed by atoms with Crippen molar-refractivity contribution < 1.29 is 19.2 Å². The molecular weight excluding hydrogens is 278 g/mol. The Hall–Kier alpha value is -2.64. The van der Waals surface area contributed by atoms with E-state index in [2.05, 4.69) is 10.1 Å². The molecule has 0 radical (unpaired) electrons. The largest absolute Gasteiger partial charge is 0.468 e. The third-order valence-electron chi connectivity index (χ3n) is 2.78. The standard InChI is InChI=1S/C13H17N3O5/c1-4-14-13(18)9-5-6-10(16(19)20)11(7-9)15(2)8-12(17)21-3/h5-7H,4,8H2,1-3H3,(H,14,18). The number of nitro groups is 1. The lowest BCUT2D eigenvalue weighted by molar-refractivity contribution is -0.384. The number of hydrogen-bond acceptors (Lipinski definition) is 6. The molecule has 1 aromatic rings. The Morgan fingerprint density at radius 3 is 2.62 bits per heavy atom. The fourth-order valence-electron chi connectivity index (χ4n) is 1.73. The molecule has 0 aromatic heterocycles. The third-order valence-corrected chi connectivity index (χ3v) is 2.78. The van der Waals surface area contributed by atoms with Gasteiger partial charge in [-0.3, -0.25) is 19.7 Å². The molecule has 0 bridgehead atoms. The number of methoxy groups -OCH3 is 1. The van der Waals surface area contributed by atoms with Crippen molar-refractivity contribution in [2.24, 2.45) is 0 Å². The van der Waals surface area contributed by atoms with Crippen molar-refractivity contribution in [3.8, 4) is 0 Å². The van der Waals surface area contributed by atoms with Gasteiger partial charge in [-0.2, -0.15) is 0 Å². The number of rotatable bonds is 6. The van der Waals surface area contributed by atoms with Gasteiger partial charge in [0.05, 0.1) is 12.0 Å². The van der Waals surface area contributed by atoms with Gasteiger partial charge in [0.1, 0.15) is 12.2 Å². The molecule has 0 aliphatic rings. The van der Waals surface area contributed by atoms with E-state index in [4.69, 9.17) is 0 Å². The molecule has 0 atom stereocenters. The summed E-state index contributed by atoms with van der Waals surface area (Å²) in [5.74, 6) is -0.865. The van der Waals surface area contributed by atoms with Crippen molar-refractivity contribution in [3.05, 3.63) is 33.9 Å². The van der Waals surface area contributed by atoms with Crippen molar-refractivity contribution >= 4 is 23.3 Å². The molecule has 0 saturated heterocycles. The number of nitro benzene ring substituents is 1. The van der Waals surface area contributed by atoms with E-state index < -0.39 is 10.9 Å². The van der Waals surface area contributed by atoms with Gasteiger partial charge in [0.25, 0.3) is 11.6 Å². The Morgan fingerprint density at radius 1 is 1.43 bits per heavy atom. The number of hydrogen-bond donors (Lipinski definition) is 1. The molecule has 1 amide bonds. The Bertz CT molecular complexity index is 559. The summed E-state index contributed by atoms with van der Waals surface area (Å²) in [6.07, 6.45) is 0. The van der Waals surface area contributed by atoms with Crippen LogP contribution in [0.3, 0.4) is 0 Å². The van der Waals surface area contributed by atoms with Crippen LogP contribution in [0.2, 0.25) is 0 Å². The van der Waals surface area contributed by atoms with Crippen molar-refractivity contribution in [2.75, 3.05) is 32.1 Å². The number of anilines is 1. The van der Waals surface area contributed by atoms with Crippen LogP contribution in [0.1, 0.15) is 17.3 Å². The normalized spacial score (nSPS) is 9.86. The Morgan fingerprint density at radius 2 is 2.10 bits per heavy atom. The van der Waals surface area contributed by atoms with Crippen LogP contribution < -0.4 is 10.2 Å². The highest BCUT2D eigenvalue weighted by Crippen LogP contribution is 2.28. The topological polar surface area (TPSA) is 102 Å². The molecule has 0 unspecified atom stereocenters. The van der Waals surface area contributed by atoms with Crippen LogP contribution >= 0.6 is 0 Å². The first-order chi connectivity index (χ1) is 9.90. The minimum Gasteiger partial charge on any atom is -0.468 e. The van der Waals surface area contributed by atoms with E-state index in [1.54, 1.807) is 6.92 Å². The van der Waals surface area contributed by atoms with Crippen LogP contribution in [0.15, 0.2) is 18.2 Å². The Labute approximate surface area is 121 Å². The molecule has 21 heavy (non-hydrogen) atoms. The van der Waals surface area contributed by atoms with Gasteiger partial charge in [-0.1, -0.05) is 0 Å². The summed E-state index contributed by atoms with van der Waals surface area (Å²) < 4.78 is 4.53. The average Bonchev–Trinajstić information content (AvgIpc) is 2.46. The van der Waals surface area contributed by atoms with Gasteiger partial charge in [-0.05, 0) is 19.1 Å². The van der Waals surface area contributed by atoms with E-state index in [9.17, 15) is 19.7 Å². The number of amides is 1. The molecule has 1 N–H and O–H groups in total. The monoisotopic (exact) mass is 295 g/mol. The van der Waals surface area contributed by atoms with Crippen LogP contribution in [0, 0.1) is 10.1 Å². The lowest BCUT2D eigenvalue weighted by Gasteiger charge is -2.18. The number of esters is 1. The number of nitrogens with one attached hydrogen (secondary N) is 1. The molecule has 114 valence electrons. The third kappa shape index (κ3) is 4.16. The number of ether oxygens (including phenoxy) is 1. The summed E-state index contributed by atoms with van der Waals surface area (Å²) in [7, 11) is 2.75. The van der Waals surface area contributed by atoms with Crippen LogP contribution in [0.25, 0.3) is 0 Å². The molecule has 0 heterocycles. The van der Waals surface area contributed by atoms with E-state index in [-0.39, 0.29) is 29.4 Å². The van der Waals surface area contributed by atoms with Gasteiger partial charge in [0.2, 0.25) is 0 Å². The molecule has 1 rings (SSSR count). The number of carbonyl (C=O) groups excluding carboxylic acids is 2. The quantitative estimate of drug-likeness (QED) is 0.476. The second-order valence-electron chi connectivity index (χ2n) is 4.25. The van der Waals surface area contributed by atoms with Gasteiger partial charge < -0.3 is 15.0 Å². The zero-order valence-corrected chi connectivity index (χ0v) is 12.1. The molecule has 0 aliphatic heterocycles. The predicted molar refractivity (Wildman–Crippen MR) is 76.4 cm³/mol. The summed E-state index contributed by atoms with van der Waals surface area (Å²) in [5.41, 5.74) is 0.276. The zero-order chi connectivity index (χ0) is 16.0. The predicted octanol–water partition coefficient (Wildman–Crippen LogP) is 0.954. The first-order valence-corrected chi connectivity index (χ1v) is 6.25. The fourth-order valence-corrected chi connectivity index (χ4v) is 1.73. The molecule has 0 aliphatic carbocycles. The molecule has 0 spiro atoms. The van der Waals surface area contributed by atoms with Crippen molar-refractivity contribution in [1.82, 2.24) is 5.32 Å². The first kappa shape index (κ1) is 16.4. The number of nitrogens with zero attached hydrogens (tertiary/aromatic N) is 2. The van der Waals surface area contributed by atoms with E-state index in [1.807, 2.05) is 0 Å². The Balaban J connectivity index is 3.18. The molecular formula is C13H17N3O5. The van der Waals surface area contributed by atoms with Gasteiger partial charge in [0.15, 0.2) is 0 Å². The maximum absolute atomic E-state index is 11.8. The summed E-state index contributed by atoms with van der Waals surface area (Å²) in [5, 5.41) is 13.7. The van der Waals surface area contributed by atoms with Gasteiger partial charge in [0, 0.05) is 25.2 Å². The minimum atomic E-state index is -0.565. The van der Waals surface area contributed by atoms with Crippen LogP contribution in [0.4, 0.5) is 11.4 Å². The van der Waals surface area contributed by atoms with E-state index in [0.29, 0.717) is 6.54 Å². The van der Waals surface area contributed by atoms with Gasteiger partial charge >= 0.3 is 5.97 Å². The molecule has 0 saturated carbocycles. The van der Waals surface area contributed by atoms with E-state index in [1.165, 1.54) is 37.3 Å². The lowest BCUT2D eigenvalue weighted by atomic mass is 10.1. The number of likely N-dealkylation sites (N-methyl/N-ethyl adjacent to an activating group) is 1. The molecule has 0 fully saturated rings. The highest BCUT2D eigenvalue weighted by atomic mass is 16.6. The highest BCUT2D eigenvalue weighted by Gasteiger charge is 2.21. The molecule has 8 nitrogen and oxygen atoms in total. The number of carbonyl (C=O) groups is 2.